The van der Waals surface area contributed by atoms with Crippen molar-refractivity contribution in [2.75, 3.05) is 20.3 Å². The standard InChI is InChI=1S/C20H26N3O7P.CH3F/c1-14(2)28-19(25)12-21-31(30-15-6-4-3-5-7-15)27-13-16-8-9-18(29-16)23-11-10-17(24)22-20(23)26;1-2/h3-7,10-11,14,16,18,21H,8-9,12-13H2,1-2H3,(H,22,24,26);1H3. The van der Waals surface area contributed by atoms with Gasteiger partial charge in [-0.15, -0.1) is 0 Å². The van der Waals surface area contributed by atoms with Crippen molar-refractivity contribution in [1.82, 2.24) is 14.6 Å². The maximum Gasteiger partial charge on any atom is 0.330 e. The number of benzene rings is 1. The van der Waals surface area contributed by atoms with Gasteiger partial charge in [0.1, 0.15) is 18.5 Å². The molecule has 1 fully saturated rings. The summed E-state index contributed by atoms with van der Waals surface area (Å²) in [7, 11) is -1.14. The molecule has 1 aromatic carbocycles. The fraction of sp³-hybridized carbons (Fsp3) is 0.476. The van der Waals surface area contributed by atoms with Crippen molar-refractivity contribution in [2.45, 2.75) is 45.1 Å². The summed E-state index contributed by atoms with van der Waals surface area (Å²) in [6.45, 7) is 3.70. The molecule has 3 atom stereocenters. The Bertz CT molecular complexity index is 970. The number of ether oxygens (including phenoxy) is 2. The van der Waals surface area contributed by atoms with Crippen LogP contribution in [0, 0.1) is 0 Å². The summed E-state index contributed by atoms with van der Waals surface area (Å²) in [6.07, 6.45) is 1.73. The number of aromatic nitrogens is 2. The molecule has 1 aliphatic rings. The van der Waals surface area contributed by atoms with Gasteiger partial charge in [0.15, 0.2) is 0 Å². The van der Waals surface area contributed by atoms with Crippen molar-refractivity contribution in [3.05, 3.63) is 63.4 Å². The molecule has 12 heteroatoms. The number of hydrogen-bond acceptors (Lipinski definition) is 8. The highest BCUT2D eigenvalue weighted by atomic mass is 31.2. The Morgan fingerprint density at radius 2 is 1.97 bits per heavy atom. The van der Waals surface area contributed by atoms with Crippen LogP contribution in [0.3, 0.4) is 0 Å². The largest absolute Gasteiger partial charge is 0.462 e. The Balaban J connectivity index is 0.00000187. The summed E-state index contributed by atoms with van der Waals surface area (Å²) in [5.41, 5.74) is -0.969. The second kappa shape index (κ2) is 13.8. The molecular weight excluding hydrogens is 456 g/mol. The number of esters is 1. The molecule has 0 amide bonds. The molecule has 1 aliphatic heterocycles. The van der Waals surface area contributed by atoms with Gasteiger partial charge in [0, 0.05) is 12.3 Å². The summed E-state index contributed by atoms with van der Waals surface area (Å²) in [4.78, 5) is 37.3. The highest BCUT2D eigenvalue weighted by molar-refractivity contribution is 7.45. The van der Waals surface area contributed by atoms with E-state index < -0.39 is 32.0 Å². The predicted octanol–water partition coefficient (Wildman–Crippen LogP) is 2.66. The average Bonchev–Trinajstić information content (AvgIpc) is 3.26. The molecule has 0 bridgehead atoms. The normalized spacial score (nSPS) is 18.3. The Kier molecular flexibility index (Phi) is 11.2. The minimum Gasteiger partial charge on any atom is -0.462 e. The fourth-order valence-electron chi connectivity index (χ4n) is 2.93. The smallest absolute Gasteiger partial charge is 0.330 e. The third kappa shape index (κ3) is 9.05. The van der Waals surface area contributed by atoms with E-state index in [9.17, 15) is 18.8 Å². The molecule has 2 aromatic rings. The van der Waals surface area contributed by atoms with Crippen LogP contribution in [0.2, 0.25) is 0 Å². The van der Waals surface area contributed by atoms with Gasteiger partial charge < -0.3 is 18.5 Å². The minimum absolute atomic E-state index is 0.0579. The zero-order chi connectivity index (χ0) is 24.2. The number of nitrogens with zero attached hydrogens (tertiary/aromatic N) is 1. The molecule has 33 heavy (non-hydrogen) atoms. The van der Waals surface area contributed by atoms with Gasteiger partial charge in [0.25, 0.3) is 5.56 Å². The first-order chi connectivity index (χ1) is 15.9. The highest BCUT2D eigenvalue weighted by Gasteiger charge is 2.29. The lowest BCUT2D eigenvalue weighted by molar-refractivity contribution is -0.145. The molecule has 0 spiro atoms. The number of para-hydroxylation sites is 1. The van der Waals surface area contributed by atoms with E-state index in [1.54, 1.807) is 26.0 Å². The number of nitrogens with one attached hydrogen (secondary N) is 2. The van der Waals surface area contributed by atoms with E-state index in [4.69, 9.17) is 18.5 Å². The molecule has 1 saturated heterocycles. The van der Waals surface area contributed by atoms with E-state index >= 15 is 0 Å². The summed E-state index contributed by atoms with van der Waals surface area (Å²) in [6, 6.07) is 10.4. The van der Waals surface area contributed by atoms with Crippen LogP contribution in [0.1, 0.15) is 32.9 Å². The first kappa shape index (κ1) is 26.7. The molecule has 10 nitrogen and oxygen atoms in total. The Morgan fingerprint density at radius 1 is 1.24 bits per heavy atom. The lowest BCUT2D eigenvalue weighted by Crippen LogP contribution is -2.32. The van der Waals surface area contributed by atoms with Crippen LogP contribution < -0.4 is 20.9 Å². The van der Waals surface area contributed by atoms with Gasteiger partial charge in [-0.3, -0.25) is 23.5 Å². The van der Waals surface area contributed by atoms with Gasteiger partial charge in [-0.2, -0.15) is 0 Å². The van der Waals surface area contributed by atoms with Crippen LogP contribution in [0.5, 0.6) is 5.75 Å². The fourth-order valence-corrected chi connectivity index (χ4v) is 4.02. The van der Waals surface area contributed by atoms with Crippen LogP contribution in [-0.2, 0) is 18.8 Å². The molecule has 182 valence electrons. The number of carbonyl (C=O) groups is 1. The quantitative estimate of drug-likeness (QED) is 0.389. The van der Waals surface area contributed by atoms with Gasteiger partial charge in [0.2, 0.25) is 0 Å². The number of hydrogen-bond donors (Lipinski definition) is 2. The minimum atomic E-state index is -1.64. The molecule has 0 radical (unpaired) electrons. The van der Waals surface area contributed by atoms with Crippen molar-refractivity contribution < 1.29 is 27.7 Å². The van der Waals surface area contributed by atoms with Crippen molar-refractivity contribution in [3.8, 4) is 5.75 Å². The third-order valence-corrected chi connectivity index (χ3v) is 5.45. The molecule has 0 saturated carbocycles. The SMILES string of the molecule is CC(C)OC(=O)CNP(OCC1CCC(n2ccc(=O)[nH]c2=O)O1)Oc1ccccc1.CF. The van der Waals surface area contributed by atoms with E-state index in [1.165, 1.54) is 16.8 Å². The molecular formula is C21H29FN3O7P. The summed E-state index contributed by atoms with van der Waals surface area (Å²) >= 11 is 0. The molecule has 0 aliphatic carbocycles. The number of alkyl halides is 1. The molecule has 1 aromatic heterocycles. The van der Waals surface area contributed by atoms with E-state index in [-0.39, 0.29) is 25.4 Å². The number of rotatable bonds is 10. The maximum absolute atomic E-state index is 12.0. The number of halogens is 1. The predicted molar refractivity (Wildman–Crippen MR) is 121 cm³/mol. The van der Waals surface area contributed by atoms with Gasteiger partial charge in [-0.25, -0.2) is 9.88 Å². The lowest BCUT2D eigenvalue weighted by atomic mass is 10.2. The van der Waals surface area contributed by atoms with Crippen LogP contribution in [0.25, 0.3) is 0 Å². The molecule has 2 N–H and O–H groups in total. The maximum atomic E-state index is 12.0. The monoisotopic (exact) mass is 485 g/mol. The second-order valence-corrected chi connectivity index (χ2v) is 8.41. The number of carbonyl (C=O) groups excluding carboxylic acids is 1. The Labute approximate surface area is 192 Å². The van der Waals surface area contributed by atoms with E-state index in [2.05, 4.69) is 10.1 Å². The third-order valence-electron chi connectivity index (χ3n) is 4.28. The van der Waals surface area contributed by atoms with Crippen LogP contribution >= 0.6 is 8.53 Å². The first-order valence-electron chi connectivity index (χ1n) is 10.3. The van der Waals surface area contributed by atoms with Crippen molar-refractivity contribution in [1.29, 1.82) is 0 Å². The van der Waals surface area contributed by atoms with Crippen LogP contribution in [-0.4, -0.2) is 48.1 Å². The van der Waals surface area contributed by atoms with E-state index in [1.807, 2.05) is 18.2 Å². The van der Waals surface area contributed by atoms with Crippen LogP contribution in [0.15, 0.2) is 52.2 Å². The topological polar surface area (TPSA) is 121 Å². The Hall–Kier alpha value is -2.59. The summed E-state index contributed by atoms with van der Waals surface area (Å²) < 4.78 is 33.6. The summed E-state index contributed by atoms with van der Waals surface area (Å²) in [5.74, 6) is 0.195. The zero-order valence-electron chi connectivity index (χ0n) is 18.7. The second-order valence-electron chi connectivity index (χ2n) is 7.14. The van der Waals surface area contributed by atoms with Gasteiger partial charge >= 0.3 is 20.2 Å². The average molecular weight is 485 g/mol. The Morgan fingerprint density at radius 3 is 2.64 bits per heavy atom. The zero-order valence-corrected chi connectivity index (χ0v) is 19.6. The van der Waals surface area contributed by atoms with Crippen molar-refractivity contribution in [3.63, 3.8) is 0 Å². The van der Waals surface area contributed by atoms with E-state index in [0.717, 1.165) is 0 Å². The molecule has 2 heterocycles. The van der Waals surface area contributed by atoms with Gasteiger partial charge in [-0.1, -0.05) is 18.2 Å². The van der Waals surface area contributed by atoms with Crippen molar-refractivity contribution in [2.24, 2.45) is 0 Å². The lowest BCUT2D eigenvalue weighted by Gasteiger charge is -2.21. The first-order valence-corrected chi connectivity index (χ1v) is 11.5. The number of H-pyrrole nitrogens is 1. The summed E-state index contributed by atoms with van der Waals surface area (Å²) in [5, 5.41) is 2.95. The van der Waals surface area contributed by atoms with Gasteiger partial charge in [0.05, 0.1) is 26.0 Å². The van der Waals surface area contributed by atoms with Crippen molar-refractivity contribution >= 4 is 14.5 Å². The highest BCUT2D eigenvalue weighted by Crippen LogP contribution is 2.37. The van der Waals surface area contributed by atoms with Gasteiger partial charge in [-0.05, 0) is 38.8 Å². The van der Waals surface area contributed by atoms with Crippen LogP contribution in [0.4, 0.5) is 4.39 Å². The molecule has 3 rings (SSSR count). The molecule has 3 unspecified atom stereocenters. The van der Waals surface area contributed by atoms with E-state index in [0.29, 0.717) is 25.8 Å². The number of aromatic amines is 1.